The zero-order valence-electron chi connectivity index (χ0n) is 12.9. The van der Waals surface area contributed by atoms with Crippen molar-refractivity contribution in [1.82, 2.24) is 5.43 Å². The molecule has 21 heavy (non-hydrogen) atoms. The Kier molecular flexibility index (Phi) is 4.99. The van der Waals surface area contributed by atoms with Gasteiger partial charge in [-0.3, -0.25) is 15.6 Å². The van der Waals surface area contributed by atoms with Crippen molar-refractivity contribution in [1.29, 1.82) is 0 Å². The molecule has 0 bridgehead atoms. The number of para-hydroxylation sites is 1. The molecule has 110 valence electrons. The molecule has 0 radical (unpaired) electrons. The van der Waals surface area contributed by atoms with E-state index in [1.807, 2.05) is 56.3 Å². The number of rotatable bonds is 5. The van der Waals surface area contributed by atoms with Crippen LogP contribution < -0.4 is 10.9 Å². The standard InChI is InChI=1S/C18H22N2O/c1-4-6-15-9-11-16(12-10-15)18(21)20-19-17-13(2)7-5-8-14(17)3/h5,7-12,19H,4,6H2,1-3H3,(H,20,21). The number of hydrogen-bond donors (Lipinski definition) is 2. The molecular formula is C18H22N2O. The quantitative estimate of drug-likeness (QED) is 0.813. The molecular weight excluding hydrogens is 260 g/mol. The van der Waals surface area contributed by atoms with E-state index < -0.39 is 0 Å². The van der Waals surface area contributed by atoms with Crippen LogP contribution in [0.5, 0.6) is 0 Å². The molecule has 2 aromatic rings. The van der Waals surface area contributed by atoms with Crippen LogP contribution in [-0.4, -0.2) is 5.91 Å². The Labute approximate surface area is 126 Å². The average molecular weight is 282 g/mol. The van der Waals surface area contributed by atoms with Crippen LogP contribution in [0.1, 0.15) is 40.4 Å². The summed E-state index contributed by atoms with van der Waals surface area (Å²) in [6.45, 7) is 6.18. The first-order valence-electron chi connectivity index (χ1n) is 7.33. The molecule has 0 heterocycles. The molecule has 1 amide bonds. The van der Waals surface area contributed by atoms with Gasteiger partial charge in [0.05, 0.1) is 5.69 Å². The first-order chi connectivity index (χ1) is 10.1. The molecule has 3 heteroatoms. The van der Waals surface area contributed by atoms with E-state index in [0.717, 1.165) is 29.7 Å². The summed E-state index contributed by atoms with van der Waals surface area (Å²) in [6, 6.07) is 13.8. The third kappa shape index (κ3) is 3.85. The normalized spacial score (nSPS) is 10.2. The molecule has 0 saturated heterocycles. The van der Waals surface area contributed by atoms with Gasteiger partial charge in [-0.25, -0.2) is 0 Å². The Morgan fingerprint density at radius 1 is 1.00 bits per heavy atom. The molecule has 0 atom stereocenters. The van der Waals surface area contributed by atoms with Crippen LogP contribution in [0.3, 0.4) is 0 Å². The topological polar surface area (TPSA) is 41.1 Å². The maximum atomic E-state index is 12.1. The molecule has 2 rings (SSSR count). The second-order valence-corrected chi connectivity index (χ2v) is 5.29. The van der Waals surface area contributed by atoms with Gasteiger partial charge in [0.15, 0.2) is 0 Å². The van der Waals surface area contributed by atoms with Crippen LogP contribution in [0.25, 0.3) is 0 Å². The molecule has 0 aliphatic heterocycles. The van der Waals surface area contributed by atoms with Crippen LogP contribution in [0.2, 0.25) is 0 Å². The van der Waals surface area contributed by atoms with Crippen LogP contribution in [0.15, 0.2) is 42.5 Å². The van der Waals surface area contributed by atoms with Crippen molar-refractivity contribution in [2.24, 2.45) is 0 Å². The number of hydrazine groups is 1. The lowest BCUT2D eigenvalue weighted by molar-refractivity contribution is 0.0962. The Morgan fingerprint density at radius 2 is 1.62 bits per heavy atom. The van der Waals surface area contributed by atoms with Gasteiger partial charge in [0.1, 0.15) is 0 Å². The van der Waals surface area contributed by atoms with Crippen molar-refractivity contribution in [3.05, 3.63) is 64.7 Å². The Morgan fingerprint density at radius 3 is 2.19 bits per heavy atom. The summed E-state index contributed by atoms with van der Waals surface area (Å²) in [5, 5.41) is 0. The molecule has 0 saturated carbocycles. The highest BCUT2D eigenvalue weighted by atomic mass is 16.2. The highest BCUT2D eigenvalue weighted by Gasteiger charge is 2.07. The number of nitrogens with one attached hydrogen (secondary N) is 2. The predicted molar refractivity (Wildman–Crippen MR) is 87.4 cm³/mol. The van der Waals surface area contributed by atoms with E-state index in [-0.39, 0.29) is 5.91 Å². The summed E-state index contributed by atoms with van der Waals surface area (Å²) in [4.78, 5) is 12.1. The zero-order chi connectivity index (χ0) is 15.2. The number of hydrogen-bond acceptors (Lipinski definition) is 2. The second kappa shape index (κ2) is 6.93. The van der Waals surface area contributed by atoms with Gasteiger partial charge in [-0.15, -0.1) is 0 Å². The van der Waals surface area contributed by atoms with Crippen LogP contribution in [-0.2, 0) is 6.42 Å². The van der Waals surface area contributed by atoms with Gasteiger partial charge in [0, 0.05) is 5.56 Å². The van der Waals surface area contributed by atoms with Gasteiger partial charge in [-0.1, -0.05) is 43.7 Å². The zero-order valence-corrected chi connectivity index (χ0v) is 12.9. The van der Waals surface area contributed by atoms with E-state index >= 15 is 0 Å². The second-order valence-electron chi connectivity index (χ2n) is 5.29. The Hall–Kier alpha value is -2.29. The number of benzene rings is 2. The maximum absolute atomic E-state index is 12.1. The van der Waals surface area contributed by atoms with Crippen molar-refractivity contribution in [2.75, 3.05) is 5.43 Å². The number of carbonyl (C=O) groups is 1. The number of aryl methyl sites for hydroxylation is 3. The molecule has 2 aromatic carbocycles. The number of amides is 1. The summed E-state index contributed by atoms with van der Waals surface area (Å²) in [5.41, 5.74) is 10.9. The Bertz CT molecular complexity index is 597. The smallest absolute Gasteiger partial charge is 0.269 e. The van der Waals surface area contributed by atoms with Crippen molar-refractivity contribution in [2.45, 2.75) is 33.6 Å². The molecule has 0 spiro atoms. The fourth-order valence-corrected chi connectivity index (χ4v) is 2.31. The molecule has 0 fully saturated rings. The van der Waals surface area contributed by atoms with E-state index in [9.17, 15) is 4.79 Å². The summed E-state index contributed by atoms with van der Waals surface area (Å²) < 4.78 is 0. The van der Waals surface area contributed by atoms with Gasteiger partial charge in [-0.05, 0) is 49.1 Å². The lowest BCUT2D eigenvalue weighted by Gasteiger charge is -2.13. The summed E-state index contributed by atoms with van der Waals surface area (Å²) in [7, 11) is 0. The largest absolute Gasteiger partial charge is 0.298 e. The maximum Gasteiger partial charge on any atom is 0.269 e. The highest BCUT2D eigenvalue weighted by molar-refractivity contribution is 5.95. The van der Waals surface area contributed by atoms with E-state index in [1.165, 1.54) is 5.56 Å². The van der Waals surface area contributed by atoms with E-state index in [1.54, 1.807) is 0 Å². The first kappa shape index (κ1) is 15.1. The van der Waals surface area contributed by atoms with Crippen LogP contribution in [0.4, 0.5) is 5.69 Å². The molecule has 0 aliphatic rings. The molecule has 0 aromatic heterocycles. The van der Waals surface area contributed by atoms with Crippen molar-refractivity contribution in [3.63, 3.8) is 0 Å². The van der Waals surface area contributed by atoms with Crippen molar-refractivity contribution in [3.8, 4) is 0 Å². The molecule has 0 aliphatic carbocycles. The lowest BCUT2D eigenvalue weighted by atomic mass is 10.1. The number of anilines is 1. The fraction of sp³-hybridized carbons (Fsp3) is 0.278. The van der Waals surface area contributed by atoms with Crippen LogP contribution in [0, 0.1) is 13.8 Å². The average Bonchev–Trinajstić information content (AvgIpc) is 2.47. The third-order valence-electron chi connectivity index (χ3n) is 3.54. The molecule has 0 unspecified atom stereocenters. The van der Waals surface area contributed by atoms with Gasteiger partial charge < -0.3 is 0 Å². The van der Waals surface area contributed by atoms with E-state index in [4.69, 9.17) is 0 Å². The van der Waals surface area contributed by atoms with Crippen molar-refractivity contribution < 1.29 is 4.79 Å². The van der Waals surface area contributed by atoms with Gasteiger partial charge in [0.25, 0.3) is 5.91 Å². The van der Waals surface area contributed by atoms with E-state index in [2.05, 4.69) is 17.8 Å². The highest BCUT2D eigenvalue weighted by Crippen LogP contribution is 2.18. The van der Waals surface area contributed by atoms with E-state index in [0.29, 0.717) is 5.56 Å². The molecule has 3 nitrogen and oxygen atoms in total. The lowest BCUT2D eigenvalue weighted by Crippen LogP contribution is -2.30. The number of carbonyl (C=O) groups excluding carboxylic acids is 1. The summed E-state index contributed by atoms with van der Waals surface area (Å²) >= 11 is 0. The predicted octanol–water partition coefficient (Wildman–Crippen LogP) is 4.01. The SMILES string of the molecule is CCCc1ccc(C(=O)NNc2c(C)cccc2C)cc1. The van der Waals surface area contributed by atoms with Gasteiger partial charge in [-0.2, -0.15) is 0 Å². The fourth-order valence-electron chi connectivity index (χ4n) is 2.31. The molecule has 2 N–H and O–H groups in total. The minimum atomic E-state index is -0.124. The summed E-state index contributed by atoms with van der Waals surface area (Å²) in [6.07, 6.45) is 2.15. The minimum Gasteiger partial charge on any atom is -0.298 e. The van der Waals surface area contributed by atoms with Gasteiger partial charge in [0.2, 0.25) is 0 Å². The van der Waals surface area contributed by atoms with Gasteiger partial charge >= 0.3 is 0 Å². The van der Waals surface area contributed by atoms with Crippen LogP contribution >= 0.6 is 0 Å². The monoisotopic (exact) mass is 282 g/mol. The van der Waals surface area contributed by atoms with Crippen molar-refractivity contribution >= 4 is 11.6 Å². The summed E-state index contributed by atoms with van der Waals surface area (Å²) in [5.74, 6) is -0.124. The first-order valence-corrected chi connectivity index (χ1v) is 7.33. The third-order valence-corrected chi connectivity index (χ3v) is 3.54. The minimum absolute atomic E-state index is 0.124. The Balaban J connectivity index is 2.01.